The number of hydrogen-bond acceptors (Lipinski definition) is 4. The Hall–Kier alpha value is -2.62. The fourth-order valence-electron chi connectivity index (χ4n) is 4.69. The van der Waals surface area contributed by atoms with Crippen LogP contribution in [0, 0.1) is 0 Å². The van der Waals surface area contributed by atoms with Crippen LogP contribution in [0.4, 0.5) is 0 Å². The molecule has 210 valence electrons. The molecule has 4 nitrogen and oxygen atoms in total. The molecule has 0 aliphatic carbocycles. The first-order chi connectivity index (χ1) is 18.7. The highest BCUT2D eigenvalue weighted by molar-refractivity contribution is 6.03. The van der Waals surface area contributed by atoms with E-state index in [0.717, 1.165) is 59.7 Å². The lowest BCUT2D eigenvalue weighted by Gasteiger charge is -2.10. The maximum Gasteiger partial charge on any atom is 0.118 e. The molecule has 2 aromatic carbocycles. The van der Waals surface area contributed by atoms with Gasteiger partial charge in [0.05, 0.1) is 25.6 Å². The van der Waals surface area contributed by atoms with Crippen molar-refractivity contribution in [2.75, 3.05) is 14.2 Å². The van der Waals surface area contributed by atoms with Crippen molar-refractivity contribution in [3.05, 3.63) is 59.7 Å². The van der Waals surface area contributed by atoms with Crippen LogP contribution >= 0.6 is 0 Å². The number of unbranched alkanes of at least 4 members (excludes halogenated alkanes) is 12. The molecule has 0 atom stereocenters. The first-order valence-electron chi connectivity index (χ1n) is 15.1. The van der Waals surface area contributed by atoms with Crippen LogP contribution in [0.1, 0.15) is 128 Å². The molecule has 0 aliphatic rings. The van der Waals surface area contributed by atoms with Crippen molar-refractivity contribution in [3.8, 4) is 11.5 Å². The summed E-state index contributed by atoms with van der Waals surface area (Å²) in [5.74, 6) is 1.73. The fraction of sp³-hybridized carbons (Fsp3) is 0.588. The van der Waals surface area contributed by atoms with Crippen molar-refractivity contribution in [3.63, 3.8) is 0 Å². The Bertz CT molecular complexity index is 839. The summed E-state index contributed by atoms with van der Waals surface area (Å²) in [6.45, 7) is 4.54. The summed E-state index contributed by atoms with van der Waals surface area (Å²) in [5.41, 5.74) is 4.38. The lowest BCUT2D eigenvalue weighted by atomic mass is 10.0. The Morgan fingerprint density at radius 2 is 0.789 bits per heavy atom. The first kappa shape index (κ1) is 31.6. The average Bonchev–Trinajstić information content (AvgIpc) is 2.96. The molecule has 0 saturated heterocycles. The standard InChI is InChI=1S/C34H52N2O2/c1-5-7-9-11-13-15-17-19-33(29-21-25-31(37-3)26-22-29)35-36-34(20-18-16-14-12-10-8-6-2)30-23-27-32(38-4)28-24-30/h21-28H,5-20H2,1-4H3. The topological polar surface area (TPSA) is 43.2 Å². The summed E-state index contributed by atoms with van der Waals surface area (Å²) in [6, 6.07) is 16.5. The van der Waals surface area contributed by atoms with Crippen LogP contribution in [0.25, 0.3) is 0 Å². The van der Waals surface area contributed by atoms with Crippen LogP contribution in [0.15, 0.2) is 58.7 Å². The van der Waals surface area contributed by atoms with Gasteiger partial charge in [-0.2, -0.15) is 10.2 Å². The number of benzene rings is 2. The minimum absolute atomic E-state index is 0.866. The second kappa shape index (κ2) is 20.4. The van der Waals surface area contributed by atoms with Gasteiger partial charge in [-0.25, -0.2) is 0 Å². The lowest BCUT2D eigenvalue weighted by molar-refractivity contribution is 0.414. The highest BCUT2D eigenvalue weighted by atomic mass is 16.5. The molecule has 0 radical (unpaired) electrons. The van der Waals surface area contributed by atoms with Gasteiger partial charge in [0.15, 0.2) is 0 Å². The maximum absolute atomic E-state index is 5.38. The third-order valence-corrected chi connectivity index (χ3v) is 7.17. The molecule has 2 rings (SSSR count). The summed E-state index contributed by atoms with van der Waals surface area (Å²) in [4.78, 5) is 0. The predicted octanol–water partition coefficient (Wildman–Crippen LogP) is 10.2. The van der Waals surface area contributed by atoms with Gasteiger partial charge in [-0.1, -0.05) is 90.9 Å². The van der Waals surface area contributed by atoms with Crippen LogP contribution in [-0.2, 0) is 0 Å². The smallest absolute Gasteiger partial charge is 0.118 e. The van der Waals surface area contributed by atoms with Crippen molar-refractivity contribution in [1.82, 2.24) is 0 Å². The lowest BCUT2D eigenvalue weighted by Crippen LogP contribution is -2.04. The molecule has 0 aromatic heterocycles. The molecule has 4 heteroatoms. The van der Waals surface area contributed by atoms with Gasteiger partial charge in [-0.3, -0.25) is 0 Å². The monoisotopic (exact) mass is 520 g/mol. The van der Waals surface area contributed by atoms with Gasteiger partial charge in [0, 0.05) is 0 Å². The average molecular weight is 521 g/mol. The third-order valence-electron chi connectivity index (χ3n) is 7.17. The van der Waals surface area contributed by atoms with E-state index >= 15 is 0 Å². The van der Waals surface area contributed by atoms with E-state index in [1.807, 2.05) is 24.3 Å². The largest absolute Gasteiger partial charge is 0.497 e. The Balaban J connectivity index is 2.16. The van der Waals surface area contributed by atoms with Crippen LogP contribution in [0.3, 0.4) is 0 Å². The molecule has 0 amide bonds. The molecule has 2 aromatic rings. The van der Waals surface area contributed by atoms with E-state index in [9.17, 15) is 0 Å². The van der Waals surface area contributed by atoms with Gasteiger partial charge in [0.2, 0.25) is 0 Å². The Labute approximate surface area is 233 Å². The Kier molecular flexibility index (Phi) is 16.9. The van der Waals surface area contributed by atoms with Gasteiger partial charge in [-0.15, -0.1) is 0 Å². The number of methoxy groups -OCH3 is 2. The molecule has 0 saturated carbocycles. The fourth-order valence-corrected chi connectivity index (χ4v) is 4.69. The van der Waals surface area contributed by atoms with E-state index in [0.29, 0.717) is 0 Å². The summed E-state index contributed by atoms with van der Waals surface area (Å²) in [7, 11) is 3.41. The molecule has 38 heavy (non-hydrogen) atoms. The molecular weight excluding hydrogens is 468 g/mol. The summed E-state index contributed by atoms with van der Waals surface area (Å²) >= 11 is 0. The molecule has 0 bridgehead atoms. The van der Waals surface area contributed by atoms with Crippen LogP contribution in [-0.4, -0.2) is 25.6 Å². The van der Waals surface area contributed by atoms with Crippen molar-refractivity contribution < 1.29 is 9.47 Å². The quantitative estimate of drug-likeness (QED) is 0.0933. The second-order valence-corrected chi connectivity index (χ2v) is 10.3. The number of nitrogens with zero attached hydrogens (tertiary/aromatic N) is 2. The minimum atomic E-state index is 0.866. The molecule has 0 fully saturated rings. The van der Waals surface area contributed by atoms with Gasteiger partial charge in [-0.05, 0) is 85.3 Å². The zero-order valence-electron chi connectivity index (χ0n) is 24.6. The van der Waals surface area contributed by atoms with Crippen LogP contribution in [0.5, 0.6) is 11.5 Å². The Morgan fingerprint density at radius 1 is 0.474 bits per heavy atom. The number of hydrogen-bond donors (Lipinski definition) is 0. The number of ether oxygens (including phenoxy) is 2. The van der Waals surface area contributed by atoms with E-state index in [1.165, 1.54) is 77.0 Å². The van der Waals surface area contributed by atoms with E-state index in [4.69, 9.17) is 19.7 Å². The summed E-state index contributed by atoms with van der Waals surface area (Å²) in [6.07, 6.45) is 19.9. The molecule has 0 N–H and O–H groups in total. The van der Waals surface area contributed by atoms with E-state index < -0.39 is 0 Å². The highest BCUT2D eigenvalue weighted by Crippen LogP contribution is 2.19. The molecule has 0 aliphatic heterocycles. The zero-order chi connectivity index (χ0) is 27.3. The highest BCUT2D eigenvalue weighted by Gasteiger charge is 2.08. The van der Waals surface area contributed by atoms with E-state index in [1.54, 1.807) is 14.2 Å². The van der Waals surface area contributed by atoms with Crippen LogP contribution in [0.2, 0.25) is 0 Å². The van der Waals surface area contributed by atoms with Gasteiger partial charge in [0.25, 0.3) is 0 Å². The SMILES string of the molecule is CCCCCCCCCC(=NN=C(CCCCCCCCC)c1ccc(OC)cc1)c1ccc(OC)cc1. The van der Waals surface area contributed by atoms with Crippen molar-refractivity contribution >= 4 is 11.4 Å². The van der Waals surface area contributed by atoms with Crippen molar-refractivity contribution in [1.29, 1.82) is 0 Å². The minimum Gasteiger partial charge on any atom is -0.497 e. The zero-order valence-corrected chi connectivity index (χ0v) is 24.6. The van der Waals surface area contributed by atoms with Crippen LogP contribution < -0.4 is 9.47 Å². The van der Waals surface area contributed by atoms with Crippen molar-refractivity contribution in [2.24, 2.45) is 10.2 Å². The maximum atomic E-state index is 5.38. The number of rotatable bonds is 21. The third kappa shape index (κ3) is 12.8. The first-order valence-corrected chi connectivity index (χ1v) is 15.1. The molecule has 0 spiro atoms. The van der Waals surface area contributed by atoms with Gasteiger partial charge >= 0.3 is 0 Å². The van der Waals surface area contributed by atoms with Gasteiger partial charge in [0.1, 0.15) is 11.5 Å². The van der Waals surface area contributed by atoms with Gasteiger partial charge < -0.3 is 9.47 Å². The Morgan fingerprint density at radius 3 is 1.11 bits per heavy atom. The second-order valence-electron chi connectivity index (χ2n) is 10.3. The summed E-state index contributed by atoms with van der Waals surface area (Å²) < 4.78 is 10.8. The molecule has 0 unspecified atom stereocenters. The molecule has 0 heterocycles. The van der Waals surface area contributed by atoms with Crippen molar-refractivity contribution in [2.45, 2.75) is 117 Å². The molecular formula is C34H52N2O2. The predicted molar refractivity (Wildman–Crippen MR) is 164 cm³/mol. The van der Waals surface area contributed by atoms with E-state index in [-0.39, 0.29) is 0 Å². The normalized spacial score (nSPS) is 12.1. The summed E-state index contributed by atoms with van der Waals surface area (Å²) in [5, 5.41) is 9.78. The van der Waals surface area contributed by atoms with E-state index in [2.05, 4.69) is 38.1 Å².